The van der Waals surface area contributed by atoms with Gasteiger partial charge in [-0.05, 0) is 0 Å². The van der Waals surface area contributed by atoms with Crippen LogP contribution in [-0.4, -0.2) is 47.7 Å². The van der Waals surface area contributed by atoms with E-state index in [2.05, 4.69) is 4.74 Å². The Labute approximate surface area is 71.4 Å². The second-order valence-electron chi connectivity index (χ2n) is 2.71. The second-order valence-corrected chi connectivity index (χ2v) is 2.71. The van der Waals surface area contributed by atoms with Gasteiger partial charge in [0.05, 0.1) is 7.11 Å². The molecule has 1 aliphatic rings. The summed E-state index contributed by atoms with van der Waals surface area (Å²) >= 11 is 0. The fourth-order valence-corrected chi connectivity index (χ4v) is 1.11. The normalized spacial score (nSPS) is 42.8. The van der Waals surface area contributed by atoms with Gasteiger partial charge in [0, 0.05) is 0 Å². The number of carbonyl (C=O) groups excluding carboxylic acids is 1. The topological polar surface area (TPSA) is 66.8 Å². The van der Waals surface area contributed by atoms with Crippen molar-refractivity contribution >= 4 is 13.1 Å². The second kappa shape index (κ2) is 2.61. The van der Waals surface area contributed by atoms with Crippen molar-refractivity contribution in [3.05, 3.63) is 0 Å². The Hall–Kier alpha value is -0.755. The SMILES string of the molecule is COC(=O)[C@@]1(F)C(F)[C@]1(F)B(O)O. The zero-order valence-electron chi connectivity index (χ0n) is 6.50. The summed E-state index contributed by atoms with van der Waals surface area (Å²) < 4.78 is 42.3. The summed E-state index contributed by atoms with van der Waals surface area (Å²) in [5, 5.41) is 16.6. The first-order chi connectivity index (χ1) is 5.83. The highest BCUT2D eigenvalue weighted by atomic mass is 19.2. The van der Waals surface area contributed by atoms with Crippen LogP contribution in [0.2, 0.25) is 0 Å². The molecule has 1 unspecified atom stereocenters. The highest BCUT2D eigenvalue weighted by Gasteiger charge is 2.92. The third kappa shape index (κ3) is 0.924. The lowest BCUT2D eigenvalue weighted by molar-refractivity contribution is -0.150. The fourth-order valence-electron chi connectivity index (χ4n) is 1.11. The summed E-state index contributed by atoms with van der Waals surface area (Å²) in [5.74, 6) is -1.80. The minimum absolute atomic E-state index is 0.735. The molecule has 8 heteroatoms. The molecular formula is C5H6BF3O4. The molecule has 1 saturated carbocycles. The van der Waals surface area contributed by atoms with Gasteiger partial charge in [0.1, 0.15) is 0 Å². The molecule has 0 aliphatic heterocycles. The standard InChI is InChI=1S/C5H6BF3O4/c1-13-3(10)4(8)2(7)5(4,9)6(11)12/h2,11-12H,1H3/t2?,4-,5+/m0/s1. The van der Waals surface area contributed by atoms with Gasteiger partial charge in [-0.3, -0.25) is 0 Å². The van der Waals surface area contributed by atoms with Crippen LogP contribution >= 0.6 is 0 Å². The van der Waals surface area contributed by atoms with Gasteiger partial charge in [-0.1, -0.05) is 0 Å². The molecule has 1 fully saturated rings. The maximum atomic E-state index is 13.0. The van der Waals surface area contributed by atoms with Crippen molar-refractivity contribution in [1.82, 2.24) is 0 Å². The summed E-state index contributed by atoms with van der Waals surface area (Å²) in [6.45, 7) is 0. The van der Waals surface area contributed by atoms with Gasteiger partial charge in [0.25, 0.3) is 5.67 Å². The van der Waals surface area contributed by atoms with Crippen molar-refractivity contribution in [3.8, 4) is 0 Å². The molecule has 4 nitrogen and oxygen atoms in total. The molecule has 0 heterocycles. The number of alkyl halides is 3. The molecule has 1 aliphatic carbocycles. The van der Waals surface area contributed by atoms with E-state index in [0.717, 1.165) is 7.11 Å². The summed E-state index contributed by atoms with van der Waals surface area (Å²) in [7, 11) is -2.16. The number of hydrogen-bond acceptors (Lipinski definition) is 4. The van der Waals surface area contributed by atoms with Gasteiger partial charge in [0.15, 0.2) is 6.17 Å². The summed E-state index contributed by atoms with van der Waals surface area (Å²) in [6, 6.07) is 0. The predicted octanol–water partition coefficient (Wildman–Crippen LogP) is -1.06. The number of esters is 1. The van der Waals surface area contributed by atoms with E-state index < -0.39 is 30.5 Å². The molecule has 0 radical (unpaired) electrons. The van der Waals surface area contributed by atoms with E-state index in [9.17, 15) is 18.0 Å². The van der Waals surface area contributed by atoms with Gasteiger partial charge >= 0.3 is 13.1 Å². The molecule has 13 heavy (non-hydrogen) atoms. The molecule has 3 atom stereocenters. The zero-order chi connectivity index (χ0) is 10.4. The van der Waals surface area contributed by atoms with Crippen LogP contribution in [0.1, 0.15) is 0 Å². The summed E-state index contributed by atoms with van der Waals surface area (Å²) in [5.41, 5.74) is -7.21. The lowest BCUT2D eigenvalue weighted by Crippen LogP contribution is -2.40. The molecule has 0 aromatic carbocycles. The number of rotatable bonds is 2. The molecule has 0 bridgehead atoms. The average molecular weight is 198 g/mol. The predicted molar refractivity (Wildman–Crippen MR) is 34.8 cm³/mol. The van der Waals surface area contributed by atoms with Crippen LogP contribution < -0.4 is 0 Å². The quantitative estimate of drug-likeness (QED) is 0.438. The highest BCUT2D eigenvalue weighted by molar-refractivity contribution is 6.49. The van der Waals surface area contributed by atoms with E-state index in [1.165, 1.54) is 0 Å². The summed E-state index contributed by atoms with van der Waals surface area (Å²) in [6.07, 6.45) is -2.91. The van der Waals surface area contributed by atoms with E-state index in [4.69, 9.17) is 10.0 Å². The van der Waals surface area contributed by atoms with Gasteiger partial charge < -0.3 is 14.8 Å². The van der Waals surface area contributed by atoms with E-state index in [-0.39, 0.29) is 0 Å². The van der Waals surface area contributed by atoms with Crippen molar-refractivity contribution in [1.29, 1.82) is 0 Å². The van der Waals surface area contributed by atoms with Crippen molar-refractivity contribution in [3.63, 3.8) is 0 Å². The van der Waals surface area contributed by atoms with E-state index in [0.29, 0.717) is 0 Å². The Bertz CT molecular complexity index is 250. The van der Waals surface area contributed by atoms with Crippen molar-refractivity contribution in [2.24, 2.45) is 0 Å². The van der Waals surface area contributed by atoms with Gasteiger partial charge in [-0.15, -0.1) is 0 Å². The molecule has 2 N–H and O–H groups in total. The smallest absolute Gasteiger partial charge is 0.466 e. The monoisotopic (exact) mass is 198 g/mol. The lowest BCUT2D eigenvalue weighted by atomic mass is 9.78. The first-order valence-electron chi connectivity index (χ1n) is 3.30. The number of methoxy groups -OCH3 is 1. The summed E-state index contributed by atoms with van der Waals surface area (Å²) in [4.78, 5) is 10.5. The lowest BCUT2D eigenvalue weighted by Gasteiger charge is -2.06. The van der Waals surface area contributed by atoms with Crippen LogP contribution in [0.5, 0.6) is 0 Å². The average Bonchev–Trinajstić information content (AvgIpc) is 2.53. The number of halogens is 3. The van der Waals surface area contributed by atoms with Crippen LogP contribution in [0.25, 0.3) is 0 Å². The zero-order valence-corrected chi connectivity index (χ0v) is 6.50. The Kier molecular flexibility index (Phi) is 2.08. The van der Waals surface area contributed by atoms with Gasteiger partial charge in [-0.2, -0.15) is 0 Å². The minimum Gasteiger partial charge on any atom is -0.466 e. The first kappa shape index (κ1) is 10.3. The Balaban J connectivity index is 2.93. The number of carbonyl (C=O) groups is 1. The first-order valence-corrected chi connectivity index (χ1v) is 3.30. The van der Waals surface area contributed by atoms with Crippen LogP contribution in [0.15, 0.2) is 0 Å². The molecule has 0 amide bonds. The third-order valence-corrected chi connectivity index (χ3v) is 2.05. The Morgan fingerprint density at radius 3 is 2.23 bits per heavy atom. The maximum absolute atomic E-state index is 13.0. The van der Waals surface area contributed by atoms with Crippen molar-refractivity contribution in [2.45, 2.75) is 17.4 Å². The van der Waals surface area contributed by atoms with Gasteiger partial charge in [0.2, 0.25) is 5.57 Å². The van der Waals surface area contributed by atoms with Crippen LogP contribution in [-0.2, 0) is 9.53 Å². The van der Waals surface area contributed by atoms with Crippen molar-refractivity contribution < 1.29 is 32.8 Å². The molecule has 0 spiro atoms. The largest absolute Gasteiger partial charge is 0.499 e. The van der Waals surface area contributed by atoms with Crippen molar-refractivity contribution in [2.75, 3.05) is 7.11 Å². The Morgan fingerprint density at radius 1 is 1.54 bits per heavy atom. The molecule has 0 aromatic rings. The van der Waals surface area contributed by atoms with Crippen LogP contribution in [0.4, 0.5) is 13.2 Å². The van der Waals surface area contributed by atoms with E-state index in [1.807, 2.05) is 0 Å². The number of hydrogen-bond donors (Lipinski definition) is 2. The van der Waals surface area contributed by atoms with Gasteiger partial charge in [-0.25, -0.2) is 18.0 Å². The molecular weight excluding hydrogens is 192 g/mol. The molecule has 0 saturated heterocycles. The molecule has 74 valence electrons. The van der Waals surface area contributed by atoms with E-state index >= 15 is 0 Å². The van der Waals surface area contributed by atoms with E-state index in [1.54, 1.807) is 0 Å². The minimum atomic E-state index is -3.61. The number of ether oxygens (including phenoxy) is 1. The third-order valence-electron chi connectivity index (χ3n) is 2.05. The highest BCUT2D eigenvalue weighted by Crippen LogP contribution is 2.58. The maximum Gasteiger partial charge on any atom is 0.499 e. The van der Waals surface area contributed by atoms with Crippen LogP contribution in [0.3, 0.4) is 0 Å². The Morgan fingerprint density at radius 2 is 2.00 bits per heavy atom. The fraction of sp³-hybridized carbons (Fsp3) is 0.800. The van der Waals surface area contributed by atoms with Crippen LogP contribution in [0, 0.1) is 0 Å². The molecule has 0 aromatic heterocycles. The molecule has 1 rings (SSSR count).